The summed E-state index contributed by atoms with van der Waals surface area (Å²) in [5, 5.41) is 19.4. The van der Waals surface area contributed by atoms with Crippen molar-refractivity contribution < 1.29 is 9.90 Å². The molecule has 3 rings (SSSR count). The van der Waals surface area contributed by atoms with E-state index >= 15 is 0 Å². The second kappa shape index (κ2) is 5.72. The monoisotopic (exact) mass is 333 g/mol. The van der Waals surface area contributed by atoms with E-state index in [9.17, 15) is 9.90 Å². The van der Waals surface area contributed by atoms with Gasteiger partial charge in [0.2, 0.25) is 5.96 Å². The molecule has 0 saturated carbocycles. The van der Waals surface area contributed by atoms with E-state index in [0.29, 0.717) is 47.3 Å². The molecule has 2 saturated heterocycles. The van der Waals surface area contributed by atoms with Crippen LogP contribution in [0.3, 0.4) is 0 Å². The molecule has 0 radical (unpaired) electrons. The smallest absolute Gasteiger partial charge is 0.321 e. The number of nitrogens with two attached hydrogens (primary N) is 1. The molecule has 2 amide bonds. The molecule has 2 aliphatic heterocycles. The van der Waals surface area contributed by atoms with E-state index in [1.54, 1.807) is 19.1 Å². The average Bonchev–Trinajstić information content (AvgIpc) is 3.05. The fraction of sp³-hybridized carbons (Fsp3) is 0.400. The van der Waals surface area contributed by atoms with Crippen molar-refractivity contribution in [2.75, 3.05) is 13.1 Å². The number of halogens is 1. The number of fused-ring (bicyclic) bond motifs is 1. The number of urea groups is 1. The molecule has 2 heterocycles. The molecule has 1 aromatic carbocycles. The van der Waals surface area contributed by atoms with E-state index in [4.69, 9.17) is 22.6 Å². The topological polar surface area (TPSA) is 106 Å². The summed E-state index contributed by atoms with van der Waals surface area (Å²) < 4.78 is 0. The summed E-state index contributed by atoms with van der Waals surface area (Å²) in [5.41, 5.74) is 7.03. The molecule has 0 bridgehead atoms. The standard InChI is InChI=1S/C15H16ClN5O2/c1-8-10(3-2-9(6-17)13(8)16)19-15-20-5-4-12(22)11(20)7-21(15)14(18)23/h2-3,11-12,22H,4-5,7H2,1H3,(H2,18,23)/b19-15-/t11-,12-/m1/s1. The van der Waals surface area contributed by atoms with E-state index in [1.165, 1.54) is 4.90 Å². The molecular weight excluding hydrogens is 318 g/mol. The van der Waals surface area contributed by atoms with Crippen molar-refractivity contribution in [1.29, 1.82) is 5.26 Å². The van der Waals surface area contributed by atoms with Gasteiger partial charge in [-0.05, 0) is 31.0 Å². The quantitative estimate of drug-likeness (QED) is 0.808. The van der Waals surface area contributed by atoms with Gasteiger partial charge in [0.15, 0.2) is 0 Å². The zero-order chi connectivity index (χ0) is 16.7. The van der Waals surface area contributed by atoms with E-state index in [1.807, 2.05) is 11.0 Å². The minimum Gasteiger partial charge on any atom is -0.391 e. The Balaban J connectivity index is 2.05. The molecule has 120 valence electrons. The lowest BCUT2D eigenvalue weighted by Gasteiger charge is -2.19. The largest absolute Gasteiger partial charge is 0.391 e. The van der Waals surface area contributed by atoms with Crippen LogP contribution in [0.25, 0.3) is 0 Å². The third-order valence-corrected chi connectivity index (χ3v) is 4.83. The highest BCUT2D eigenvalue weighted by Gasteiger charge is 2.45. The first kappa shape index (κ1) is 15.6. The van der Waals surface area contributed by atoms with E-state index in [-0.39, 0.29) is 6.04 Å². The third-order valence-electron chi connectivity index (χ3n) is 4.34. The highest BCUT2D eigenvalue weighted by Crippen LogP contribution is 2.32. The summed E-state index contributed by atoms with van der Waals surface area (Å²) in [4.78, 5) is 19.5. The van der Waals surface area contributed by atoms with Crippen LogP contribution in [0.2, 0.25) is 5.02 Å². The second-order valence-corrected chi connectivity index (χ2v) is 6.04. The van der Waals surface area contributed by atoms with Gasteiger partial charge in [-0.1, -0.05) is 11.6 Å². The zero-order valence-corrected chi connectivity index (χ0v) is 13.3. The SMILES string of the molecule is Cc1c(/N=C2\N(C(N)=O)C[C@@H]3[C@H](O)CCN23)ccc(C#N)c1Cl. The lowest BCUT2D eigenvalue weighted by molar-refractivity contribution is 0.144. The number of aliphatic hydroxyl groups is 1. The Kier molecular flexibility index (Phi) is 3.88. The Bertz CT molecular complexity index is 742. The molecule has 7 nitrogen and oxygen atoms in total. The number of benzene rings is 1. The maximum atomic E-state index is 11.7. The molecule has 1 aromatic rings. The number of hydrogen-bond donors (Lipinski definition) is 2. The lowest BCUT2D eigenvalue weighted by atomic mass is 10.1. The number of guanidine groups is 1. The molecule has 2 atom stereocenters. The first-order chi connectivity index (χ1) is 10.9. The fourth-order valence-corrected chi connectivity index (χ4v) is 3.23. The molecule has 3 N–H and O–H groups in total. The van der Waals surface area contributed by atoms with Gasteiger partial charge in [-0.15, -0.1) is 0 Å². The number of nitriles is 1. The molecule has 2 aliphatic rings. The molecule has 2 fully saturated rings. The van der Waals surface area contributed by atoms with Gasteiger partial charge in [-0.2, -0.15) is 5.26 Å². The number of aliphatic hydroxyl groups excluding tert-OH is 1. The minimum atomic E-state index is -0.609. The number of hydrogen-bond acceptors (Lipinski definition) is 4. The number of aliphatic imine (C=N–C) groups is 1. The summed E-state index contributed by atoms with van der Waals surface area (Å²) in [6.07, 6.45) is 0.124. The highest BCUT2D eigenvalue weighted by molar-refractivity contribution is 6.32. The van der Waals surface area contributed by atoms with Crippen molar-refractivity contribution in [2.45, 2.75) is 25.5 Å². The van der Waals surface area contributed by atoms with Gasteiger partial charge >= 0.3 is 6.03 Å². The first-order valence-corrected chi connectivity index (χ1v) is 7.61. The van der Waals surface area contributed by atoms with Crippen LogP contribution in [-0.2, 0) is 0 Å². The van der Waals surface area contributed by atoms with Crippen molar-refractivity contribution in [3.63, 3.8) is 0 Å². The second-order valence-electron chi connectivity index (χ2n) is 5.66. The number of amides is 2. The maximum absolute atomic E-state index is 11.7. The van der Waals surface area contributed by atoms with Gasteiger partial charge in [0, 0.05) is 6.54 Å². The predicted molar refractivity (Wildman–Crippen MR) is 85.4 cm³/mol. The Hall–Kier alpha value is -2.30. The molecule has 0 aromatic heterocycles. The summed E-state index contributed by atoms with van der Waals surface area (Å²) in [7, 11) is 0. The van der Waals surface area contributed by atoms with E-state index in [0.717, 1.165) is 0 Å². The number of nitrogens with zero attached hydrogens (tertiary/aromatic N) is 4. The van der Waals surface area contributed by atoms with Crippen LogP contribution >= 0.6 is 11.6 Å². The van der Waals surface area contributed by atoms with Crippen LogP contribution in [-0.4, -0.2) is 52.1 Å². The number of carbonyl (C=O) groups excluding carboxylic acids is 1. The third kappa shape index (κ3) is 2.50. The summed E-state index contributed by atoms with van der Waals surface area (Å²) in [6, 6.07) is 4.50. The maximum Gasteiger partial charge on any atom is 0.321 e. The van der Waals surface area contributed by atoms with Gasteiger partial charge < -0.3 is 15.7 Å². The van der Waals surface area contributed by atoms with Crippen molar-refractivity contribution in [2.24, 2.45) is 10.7 Å². The molecule has 8 heteroatoms. The van der Waals surface area contributed by atoms with Gasteiger partial charge in [0.05, 0.1) is 35.0 Å². The normalized spacial score (nSPS) is 24.9. The Morgan fingerprint density at radius 1 is 1.57 bits per heavy atom. The molecule has 0 spiro atoms. The van der Waals surface area contributed by atoms with Crippen molar-refractivity contribution in [3.05, 3.63) is 28.3 Å². The van der Waals surface area contributed by atoms with Crippen LogP contribution < -0.4 is 5.73 Å². The number of carbonyl (C=O) groups is 1. The average molecular weight is 334 g/mol. The van der Waals surface area contributed by atoms with Crippen molar-refractivity contribution >= 4 is 29.3 Å². The predicted octanol–water partition coefficient (Wildman–Crippen LogP) is 1.34. The fourth-order valence-electron chi connectivity index (χ4n) is 3.03. The summed E-state index contributed by atoms with van der Waals surface area (Å²) >= 11 is 6.17. The Morgan fingerprint density at radius 3 is 2.96 bits per heavy atom. The molecule has 0 unspecified atom stereocenters. The van der Waals surface area contributed by atoms with Crippen LogP contribution in [0.1, 0.15) is 17.5 Å². The number of rotatable bonds is 1. The minimum absolute atomic E-state index is 0.185. The van der Waals surface area contributed by atoms with Crippen LogP contribution in [0.4, 0.5) is 10.5 Å². The summed E-state index contributed by atoms with van der Waals surface area (Å²) in [5.74, 6) is 0.419. The number of primary amides is 1. The Morgan fingerprint density at radius 2 is 2.30 bits per heavy atom. The van der Waals surface area contributed by atoms with E-state index in [2.05, 4.69) is 4.99 Å². The molecule has 23 heavy (non-hydrogen) atoms. The Labute approximate surface area is 138 Å². The van der Waals surface area contributed by atoms with Crippen LogP contribution in [0.5, 0.6) is 0 Å². The first-order valence-electron chi connectivity index (χ1n) is 7.23. The lowest BCUT2D eigenvalue weighted by Crippen LogP contribution is -2.40. The van der Waals surface area contributed by atoms with Gasteiger partial charge in [-0.25, -0.2) is 9.79 Å². The van der Waals surface area contributed by atoms with Gasteiger partial charge in [-0.3, -0.25) is 4.90 Å². The van der Waals surface area contributed by atoms with Gasteiger partial charge in [0.25, 0.3) is 0 Å². The van der Waals surface area contributed by atoms with Crippen molar-refractivity contribution in [3.8, 4) is 6.07 Å². The van der Waals surface area contributed by atoms with Crippen molar-refractivity contribution in [1.82, 2.24) is 9.80 Å². The van der Waals surface area contributed by atoms with Crippen LogP contribution in [0, 0.1) is 18.3 Å². The van der Waals surface area contributed by atoms with Gasteiger partial charge in [0.1, 0.15) is 6.07 Å². The molecular formula is C15H16ClN5O2. The zero-order valence-electron chi connectivity index (χ0n) is 12.5. The highest BCUT2D eigenvalue weighted by atomic mass is 35.5. The molecule has 0 aliphatic carbocycles. The van der Waals surface area contributed by atoms with E-state index < -0.39 is 12.1 Å². The summed E-state index contributed by atoms with van der Waals surface area (Å²) in [6.45, 7) is 2.69. The van der Waals surface area contributed by atoms with Crippen LogP contribution in [0.15, 0.2) is 17.1 Å².